The lowest BCUT2D eigenvalue weighted by Gasteiger charge is -2.45. The molecule has 4 heterocycles. The van der Waals surface area contributed by atoms with Crippen molar-refractivity contribution in [1.29, 1.82) is 0 Å². The molecule has 14 nitrogen and oxygen atoms in total. The Labute approximate surface area is 347 Å². The van der Waals surface area contributed by atoms with Crippen LogP contribution in [0, 0.1) is 17.8 Å². The molecule has 0 bridgehead atoms. The van der Waals surface area contributed by atoms with Crippen molar-refractivity contribution >= 4 is 44.6 Å². The van der Waals surface area contributed by atoms with E-state index in [2.05, 4.69) is 5.32 Å². The van der Waals surface area contributed by atoms with Gasteiger partial charge in [-0.2, -0.15) is 4.98 Å². The minimum atomic E-state index is -4.47. The number of ether oxygens (including phenoxy) is 2. The molecule has 60 heavy (non-hydrogen) atoms. The van der Waals surface area contributed by atoms with E-state index in [9.17, 15) is 41.1 Å². The number of benzene rings is 1. The summed E-state index contributed by atoms with van der Waals surface area (Å²) in [5.41, 5.74) is -3.20. The maximum atomic E-state index is 15.2. The number of nitrogens with zero attached hydrogens (tertiary/aromatic N) is 3. The number of rotatable bonds is 10. The van der Waals surface area contributed by atoms with Crippen LogP contribution in [0.15, 0.2) is 36.4 Å². The molecule has 4 amide bonds. The van der Waals surface area contributed by atoms with Gasteiger partial charge in [-0.25, -0.2) is 26.4 Å². The van der Waals surface area contributed by atoms with E-state index in [1.165, 1.54) is 0 Å². The number of nitrogens with one attached hydrogen (secondary N) is 2. The summed E-state index contributed by atoms with van der Waals surface area (Å²) in [5.74, 6) is -3.74. The molecule has 1 saturated heterocycles. The zero-order valence-electron chi connectivity index (χ0n) is 34.3. The lowest BCUT2D eigenvalue weighted by atomic mass is 9.82. The van der Waals surface area contributed by atoms with Crippen LogP contribution in [0.2, 0.25) is 0 Å². The number of allylic oxidation sites excluding steroid dienone is 1. The third-order valence-corrected chi connectivity index (χ3v) is 15.4. The number of aromatic nitrogens is 1. The largest absolute Gasteiger partial charge is 0.477 e. The van der Waals surface area contributed by atoms with Gasteiger partial charge in [0.25, 0.3) is 12.3 Å². The first-order valence-corrected chi connectivity index (χ1v) is 22.3. The molecule has 1 aromatic carbocycles. The Morgan fingerprint density at radius 2 is 1.90 bits per heavy atom. The van der Waals surface area contributed by atoms with Gasteiger partial charge in [0.05, 0.1) is 13.2 Å². The Balaban J connectivity index is 1.30. The van der Waals surface area contributed by atoms with E-state index in [1.807, 2.05) is 42.0 Å². The Hall–Kier alpha value is -4.61. The summed E-state index contributed by atoms with van der Waals surface area (Å²) < 4.78 is 82.8. The van der Waals surface area contributed by atoms with Crippen LogP contribution in [0.25, 0.3) is 10.8 Å². The molecule has 328 valence electrons. The van der Waals surface area contributed by atoms with Crippen molar-refractivity contribution in [1.82, 2.24) is 24.8 Å². The normalized spacial score (nSPS) is 29.8. The van der Waals surface area contributed by atoms with Gasteiger partial charge >= 0.3 is 6.09 Å². The smallest absolute Gasteiger partial charge is 0.408 e. The number of hydrogen-bond acceptors (Lipinski definition) is 9. The predicted octanol–water partition coefficient (Wildman–Crippen LogP) is 5.53. The number of carboxylic acid groups (broad SMARTS) is 1. The summed E-state index contributed by atoms with van der Waals surface area (Å²) in [6.45, 7) is 4.77. The highest BCUT2D eigenvalue weighted by Gasteiger charge is 2.64. The van der Waals surface area contributed by atoms with E-state index in [4.69, 9.17) is 14.5 Å². The summed E-state index contributed by atoms with van der Waals surface area (Å²) >= 11 is 0. The summed E-state index contributed by atoms with van der Waals surface area (Å²) in [6.07, 6.45) is 0.677. The Morgan fingerprint density at radius 1 is 1.18 bits per heavy atom. The SMILES string of the molecule is CC[C@@H]1C[C@@H](C)CC/C=C\[C@@H]2C[C@@]2(C(=O)NS(=O)(=O)C2(CF)CC2)NC(=O)[C@@H]2C[C@@H](Oc3nc4c(c5ccccc35)CCCO4)CN2C(=O)[C@H]1N(C(=O)O)C(C)(C)C(F)F. The molecule has 0 unspecified atom stereocenters. The molecule has 7 rings (SSSR count). The van der Waals surface area contributed by atoms with Crippen LogP contribution in [-0.2, 0) is 30.8 Å². The number of pyridine rings is 1. The molecule has 7 atom stereocenters. The lowest BCUT2D eigenvalue weighted by Crippen LogP contribution is -2.65. The second-order valence-electron chi connectivity index (χ2n) is 17.8. The van der Waals surface area contributed by atoms with E-state index in [0.29, 0.717) is 42.0 Å². The number of amides is 4. The summed E-state index contributed by atoms with van der Waals surface area (Å²) in [4.78, 5) is 63.4. The fraction of sp³-hybridized carbons (Fsp3) is 0.643. The van der Waals surface area contributed by atoms with Crippen molar-refractivity contribution in [3.05, 3.63) is 42.0 Å². The number of hydrogen-bond donors (Lipinski definition) is 3. The molecule has 2 saturated carbocycles. The zero-order valence-corrected chi connectivity index (χ0v) is 35.1. The van der Waals surface area contributed by atoms with Gasteiger partial charge in [0.2, 0.25) is 33.6 Å². The van der Waals surface area contributed by atoms with Gasteiger partial charge in [0, 0.05) is 23.3 Å². The van der Waals surface area contributed by atoms with Crippen LogP contribution in [0.4, 0.5) is 18.0 Å². The van der Waals surface area contributed by atoms with Gasteiger partial charge in [0.15, 0.2) is 0 Å². The summed E-state index contributed by atoms with van der Waals surface area (Å²) in [6, 6.07) is 4.34. The highest BCUT2D eigenvalue weighted by Crippen LogP contribution is 2.48. The number of halogens is 3. The third-order valence-electron chi connectivity index (χ3n) is 13.3. The van der Waals surface area contributed by atoms with Crippen LogP contribution in [-0.4, -0.2) is 112 Å². The minimum Gasteiger partial charge on any atom is -0.477 e. The van der Waals surface area contributed by atoms with Crippen LogP contribution in [0.5, 0.6) is 11.8 Å². The van der Waals surface area contributed by atoms with Crippen LogP contribution in [0.3, 0.4) is 0 Å². The lowest BCUT2D eigenvalue weighted by molar-refractivity contribution is -0.149. The molecule has 18 heteroatoms. The standard InChI is InChI=1S/C42H54F3N5O9S/c1-5-25-19-24(2)11-6-7-12-26-21-42(26,38(53)48-60(56,57)41(23-43)16-17-41)47-33(51)31-20-27(22-49(31)36(52)32(25)50(39(54)55)40(3,4)37(44)45)59-35-30-14-9-8-13-28(30)29-15-10-18-58-34(29)46-35/h7-9,12-14,24-27,31-32,37H,5-6,10-11,15-23H2,1-4H3,(H,47,51)(H,48,53)(H,54,55)/b12-7-/t24-,25+,26+,27+,31-,32-,42+/m0/s1. The van der Waals surface area contributed by atoms with E-state index in [-0.39, 0.29) is 50.4 Å². The van der Waals surface area contributed by atoms with Crippen molar-refractivity contribution in [2.45, 2.75) is 132 Å². The molecule has 2 aromatic rings. The van der Waals surface area contributed by atoms with E-state index in [1.54, 1.807) is 13.0 Å². The maximum absolute atomic E-state index is 15.2. The first kappa shape index (κ1) is 43.5. The molecule has 3 N–H and O–H groups in total. The topological polar surface area (TPSA) is 185 Å². The molecular formula is C42H54F3N5O9S. The molecule has 3 aliphatic heterocycles. The monoisotopic (exact) mass is 861 g/mol. The zero-order chi connectivity index (χ0) is 43.4. The fourth-order valence-corrected chi connectivity index (χ4v) is 10.6. The Bertz CT molecular complexity index is 2170. The highest BCUT2D eigenvalue weighted by atomic mass is 32.2. The predicted molar refractivity (Wildman–Crippen MR) is 214 cm³/mol. The molecule has 2 aliphatic carbocycles. The summed E-state index contributed by atoms with van der Waals surface area (Å²) in [7, 11) is -4.47. The van der Waals surface area contributed by atoms with Crippen LogP contribution >= 0.6 is 0 Å². The second-order valence-corrected chi connectivity index (χ2v) is 19.8. The quantitative estimate of drug-likeness (QED) is 0.257. The third kappa shape index (κ3) is 7.88. The van der Waals surface area contributed by atoms with Crippen molar-refractivity contribution in [2.75, 3.05) is 19.8 Å². The average Bonchev–Trinajstić information content (AvgIpc) is 4.11. The van der Waals surface area contributed by atoms with E-state index < -0.39 is 92.8 Å². The number of alkyl halides is 3. The molecular weight excluding hydrogens is 808 g/mol. The highest BCUT2D eigenvalue weighted by molar-refractivity contribution is 7.91. The number of carbonyl (C=O) groups is 4. The molecule has 3 fully saturated rings. The Morgan fingerprint density at radius 3 is 2.55 bits per heavy atom. The average molecular weight is 862 g/mol. The summed E-state index contributed by atoms with van der Waals surface area (Å²) in [5, 5.41) is 14.9. The van der Waals surface area contributed by atoms with E-state index in [0.717, 1.165) is 42.5 Å². The number of fused-ring (bicyclic) bond motifs is 5. The number of sulfonamides is 1. The maximum Gasteiger partial charge on any atom is 0.408 e. The Kier molecular flexibility index (Phi) is 11.8. The molecule has 5 aliphatic rings. The van der Waals surface area contributed by atoms with Gasteiger partial charge in [-0.3, -0.25) is 24.0 Å². The minimum absolute atomic E-state index is 0.0102. The first-order valence-electron chi connectivity index (χ1n) is 20.8. The fourth-order valence-electron chi connectivity index (χ4n) is 9.21. The molecule has 0 radical (unpaired) electrons. The van der Waals surface area contributed by atoms with Crippen molar-refractivity contribution in [3.8, 4) is 11.8 Å². The van der Waals surface area contributed by atoms with Crippen molar-refractivity contribution in [2.24, 2.45) is 17.8 Å². The second kappa shape index (κ2) is 16.3. The van der Waals surface area contributed by atoms with Gasteiger partial charge in [-0.15, -0.1) is 0 Å². The van der Waals surface area contributed by atoms with E-state index >= 15 is 4.79 Å². The van der Waals surface area contributed by atoms with Gasteiger partial charge in [-0.05, 0) is 88.5 Å². The molecule has 1 aromatic heterocycles. The first-order chi connectivity index (χ1) is 28.4. The van der Waals surface area contributed by atoms with Crippen molar-refractivity contribution < 1.29 is 55.3 Å². The number of aryl methyl sites for hydroxylation is 1. The van der Waals surface area contributed by atoms with Gasteiger partial charge < -0.3 is 24.8 Å². The van der Waals surface area contributed by atoms with Gasteiger partial charge in [0.1, 0.15) is 40.7 Å². The number of carbonyl (C=O) groups excluding carboxylic acids is 3. The van der Waals surface area contributed by atoms with Crippen LogP contribution < -0.4 is 19.5 Å². The van der Waals surface area contributed by atoms with Crippen molar-refractivity contribution in [3.63, 3.8) is 0 Å². The molecule has 0 spiro atoms. The van der Waals surface area contributed by atoms with Crippen LogP contribution in [0.1, 0.15) is 91.0 Å². The van der Waals surface area contributed by atoms with Gasteiger partial charge in [-0.1, -0.05) is 50.6 Å².